The van der Waals surface area contributed by atoms with Crippen LogP contribution in [-0.4, -0.2) is 41.8 Å². The van der Waals surface area contributed by atoms with Gasteiger partial charge < -0.3 is 14.1 Å². The smallest absolute Gasteiger partial charge is 0.449 e. The van der Waals surface area contributed by atoms with Gasteiger partial charge in [-0.2, -0.15) is 13.2 Å². The summed E-state index contributed by atoms with van der Waals surface area (Å²) in [4.78, 5) is 38.0. The first-order valence-electron chi connectivity index (χ1n) is 10.8. The zero-order valence-electron chi connectivity index (χ0n) is 18.7. The number of ketones is 1. The first-order chi connectivity index (χ1) is 15.0. The molecule has 1 atom stereocenters. The van der Waals surface area contributed by atoms with Crippen molar-refractivity contribution in [2.24, 2.45) is 5.41 Å². The minimum Gasteiger partial charge on any atom is -0.466 e. The van der Waals surface area contributed by atoms with E-state index < -0.39 is 28.9 Å². The second kappa shape index (κ2) is 10.8. The molecule has 1 aliphatic heterocycles. The van der Waals surface area contributed by atoms with E-state index in [0.29, 0.717) is 26.0 Å². The number of carbonyl (C=O) groups excluding carboxylic acids is 3. The van der Waals surface area contributed by atoms with Gasteiger partial charge in [0.15, 0.2) is 5.76 Å². The topological polar surface area (TPSA) is 76.8 Å². The van der Waals surface area contributed by atoms with E-state index in [1.54, 1.807) is 17.9 Å². The van der Waals surface area contributed by atoms with Gasteiger partial charge in [-0.1, -0.05) is 32.8 Å². The zero-order chi connectivity index (χ0) is 23.9. The van der Waals surface area contributed by atoms with Gasteiger partial charge >= 0.3 is 12.1 Å². The molecule has 0 aliphatic carbocycles. The predicted molar refractivity (Wildman–Crippen MR) is 111 cm³/mol. The summed E-state index contributed by atoms with van der Waals surface area (Å²) >= 11 is 0. The first-order valence-corrected chi connectivity index (χ1v) is 10.8. The highest BCUT2D eigenvalue weighted by atomic mass is 19.4. The van der Waals surface area contributed by atoms with Crippen LogP contribution in [-0.2, 0) is 20.5 Å². The molecule has 1 aromatic heterocycles. The predicted octanol–water partition coefficient (Wildman–Crippen LogP) is 5.18. The molecule has 1 saturated heterocycles. The number of hydrogen-bond donors (Lipinski definition) is 0. The Labute approximate surface area is 185 Å². The standard InChI is InChI=1S/C23H30F3NO5/c1-4-31-20(29)9-7-5-6-8-14-27-16(15-22(2,3)21(27)30)10-11-17(28)18-12-13-19(32-18)23(24,25)26/h10-13,16H,4-9,14-15H2,1-3H3/t16-/m0/s1. The van der Waals surface area contributed by atoms with Crippen LogP contribution < -0.4 is 0 Å². The third-order valence-corrected chi connectivity index (χ3v) is 5.39. The molecule has 9 heteroatoms. The molecule has 1 aromatic rings. The van der Waals surface area contributed by atoms with Crippen molar-refractivity contribution >= 4 is 17.7 Å². The van der Waals surface area contributed by atoms with E-state index in [4.69, 9.17) is 4.74 Å². The number of carbonyl (C=O) groups is 3. The Morgan fingerprint density at radius 1 is 1.22 bits per heavy atom. The lowest BCUT2D eigenvalue weighted by molar-refractivity contribution is -0.153. The van der Waals surface area contributed by atoms with Crippen molar-refractivity contribution in [1.82, 2.24) is 4.90 Å². The van der Waals surface area contributed by atoms with Crippen LogP contribution >= 0.6 is 0 Å². The number of allylic oxidation sites excluding steroid dienone is 1. The fourth-order valence-corrected chi connectivity index (χ4v) is 3.74. The van der Waals surface area contributed by atoms with Crippen molar-refractivity contribution in [3.8, 4) is 0 Å². The number of halogens is 3. The number of ether oxygens (including phenoxy) is 1. The summed E-state index contributed by atoms with van der Waals surface area (Å²) in [5.74, 6) is -2.54. The summed E-state index contributed by atoms with van der Waals surface area (Å²) in [5, 5.41) is 0. The minimum atomic E-state index is -4.66. The van der Waals surface area contributed by atoms with Gasteiger partial charge in [-0.3, -0.25) is 14.4 Å². The maximum atomic E-state index is 12.7. The monoisotopic (exact) mass is 457 g/mol. The molecule has 2 heterocycles. The van der Waals surface area contributed by atoms with E-state index in [-0.39, 0.29) is 17.9 Å². The Balaban J connectivity index is 1.91. The molecule has 0 saturated carbocycles. The van der Waals surface area contributed by atoms with Gasteiger partial charge in [0.05, 0.1) is 12.6 Å². The largest absolute Gasteiger partial charge is 0.466 e. The molecular formula is C23H30F3NO5. The summed E-state index contributed by atoms with van der Waals surface area (Å²) in [6, 6.07) is 1.39. The van der Waals surface area contributed by atoms with Crippen LogP contribution in [0.1, 0.15) is 75.6 Å². The number of likely N-dealkylation sites (tertiary alicyclic amines) is 1. The van der Waals surface area contributed by atoms with Crippen molar-refractivity contribution in [2.75, 3.05) is 13.2 Å². The van der Waals surface area contributed by atoms with Gasteiger partial charge in [-0.15, -0.1) is 0 Å². The molecule has 1 fully saturated rings. The second-order valence-corrected chi connectivity index (χ2v) is 8.51. The van der Waals surface area contributed by atoms with E-state index >= 15 is 0 Å². The van der Waals surface area contributed by atoms with Crippen molar-refractivity contribution in [3.63, 3.8) is 0 Å². The highest BCUT2D eigenvalue weighted by Gasteiger charge is 2.43. The van der Waals surface area contributed by atoms with Gasteiger partial charge in [0, 0.05) is 18.4 Å². The molecule has 1 aliphatic rings. The maximum absolute atomic E-state index is 12.7. The normalized spacial score (nSPS) is 18.5. The van der Waals surface area contributed by atoms with Crippen LogP contribution in [0, 0.1) is 5.41 Å². The van der Waals surface area contributed by atoms with Gasteiger partial charge in [0.25, 0.3) is 0 Å². The van der Waals surface area contributed by atoms with Crippen LogP contribution in [0.25, 0.3) is 0 Å². The van der Waals surface area contributed by atoms with Crippen LogP contribution in [0.2, 0.25) is 0 Å². The maximum Gasteiger partial charge on any atom is 0.449 e. The molecule has 0 aromatic carbocycles. The fraction of sp³-hybridized carbons (Fsp3) is 0.609. The quantitative estimate of drug-likeness (QED) is 0.198. The first kappa shape index (κ1) is 25.7. The highest BCUT2D eigenvalue weighted by molar-refractivity contribution is 6.02. The second-order valence-electron chi connectivity index (χ2n) is 8.51. The number of nitrogens with zero attached hydrogens (tertiary/aromatic N) is 1. The van der Waals surface area contributed by atoms with Gasteiger partial charge in [0.2, 0.25) is 17.5 Å². The minimum absolute atomic E-state index is 0.0246. The van der Waals surface area contributed by atoms with Crippen LogP contribution in [0.4, 0.5) is 13.2 Å². The summed E-state index contributed by atoms with van der Waals surface area (Å²) < 4.78 is 47.5. The van der Waals surface area contributed by atoms with E-state index in [1.165, 1.54) is 6.08 Å². The molecule has 0 unspecified atom stereocenters. The Bertz CT molecular complexity index is 841. The molecule has 32 heavy (non-hydrogen) atoms. The average molecular weight is 457 g/mol. The Hall–Kier alpha value is -2.58. The summed E-state index contributed by atoms with van der Waals surface area (Å²) in [6.45, 7) is 6.30. The molecule has 6 nitrogen and oxygen atoms in total. The number of amides is 1. The number of hydrogen-bond acceptors (Lipinski definition) is 5. The van der Waals surface area contributed by atoms with Gasteiger partial charge in [-0.25, -0.2) is 0 Å². The van der Waals surface area contributed by atoms with Crippen LogP contribution in [0.15, 0.2) is 28.7 Å². The van der Waals surface area contributed by atoms with Gasteiger partial charge in [0.1, 0.15) is 0 Å². The third kappa shape index (κ3) is 6.97. The number of furan rings is 1. The lowest BCUT2D eigenvalue weighted by Gasteiger charge is -2.23. The molecule has 0 N–H and O–H groups in total. The Kier molecular flexibility index (Phi) is 8.69. The lowest BCUT2D eigenvalue weighted by atomic mass is 9.90. The molecule has 2 rings (SSSR count). The van der Waals surface area contributed by atoms with Crippen LogP contribution in [0.5, 0.6) is 0 Å². The van der Waals surface area contributed by atoms with Crippen LogP contribution in [0.3, 0.4) is 0 Å². The van der Waals surface area contributed by atoms with E-state index in [1.807, 2.05) is 13.8 Å². The van der Waals surface area contributed by atoms with Gasteiger partial charge in [-0.05, 0) is 44.4 Å². The molecular weight excluding hydrogens is 427 g/mol. The van der Waals surface area contributed by atoms with E-state index in [9.17, 15) is 27.6 Å². The molecule has 1 amide bonds. The Morgan fingerprint density at radius 2 is 1.91 bits per heavy atom. The van der Waals surface area contributed by atoms with E-state index in [0.717, 1.165) is 37.8 Å². The number of esters is 1. The van der Waals surface area contributed by atoms with E-state index in [2.05, 4.69) is 4.42 Å². The Morgan fingerprint density at radius 3 is 2.53 bits per heavy atom. The molecule has 0 spiro atoms. The zero-order valence-corrected chi connectivity index (χ0v) is 18.7. The third-order valence-electron chi connectivity index (χ3n) is 5.39. The molecule has 0 bridgehead atoms. The SMILES string of the molecule is CCOC(=O)CCCCCCN1C(=O)C(C)(C)C[C@@H]1C=CC(=O)c1ccc(C(F)(F)F)o1. The summed E-state index contributed by atoms with van der Waals surface area (Å²) in [5.41, 5.74) is -0.587. The number of unbranched alkanes of at least 4 members (excludes halogenated alkanes) is 3. The van der Waals surface area contributed by atoms with Crippen molar-refractivity contribution in [2.45, 2.75) is 71.5 Å². The highest BCUT2D eigenvalue weighted by Crippen LogP contribution is 2.36. The van der Waals surface area contributed by atoms with Crippen molar-refractivity contribution in [1.29, 1.82) is 0 Å². The lowest BCUT2D eigenvalue weighted by Crippen LogP contribution is -2.35. The fourth-order valence-electron chi connectivity index (χ4n) is 3.74. The summed E-state index contributed by atoms with van der Waals surface area (Å²) in [7, 11) is 0. The average Bonchev–Trinajstić information content (AvgIpc) is 3.28. The number of alkyl halides is 3. The molecule has 178 valence electrons. The number of rotatable bonds is 11. The summed E-state index contributed by atoms with van der Waals surface area (Å²) in [6.07, 6.45) is 2.10. The van der Waals surface area contributed by atoms with Crippen molar-refractivity contribution < 1.29 is 36.7 Å². The van der Waals surface area contributed by atoms with Crippen molar-refractivity contribution in [3.05, 3.63) is 35.8 Å². The molecule has 0 radical (unpaired) electrons.